The van der Waals surface area contributed by atoms with Crippen LogP contribution in [0.5, 0.6) is 17.2 Å². The summed E-state index contributed by atoms with van der Waals surface area (Å²) in [7, 11) is 1.46. The van der Waals surface area contributed by atoms with Crippen LogP contribution in [0.25, 0.3) is 0 Å². The third-order valence-corrected chi connectivity index (χ3v) is 6.28. The van der Waals surface area contributed by atoms with Crippen LogP contribution in [0.1, 0.15) is 43.1 Å². The maximum Gasteiger partial charge on any atom is 0.258 e. The highest BCUT2D eigenvalue weighted by molar-refractivity contribution is 5.95. The third-order valence-electron chi connectivity index (χ3n) is 6.28. The molecule has 0 aliphatic carbocycles. The van der Waals surface area contributed by atoms with Gasteiger partial charge in [-0.1, -0.05) is 20.8 Å². The standard InChI is InChI=1S/C27H32FN3O6/c1-27(2,3)26(34)31-8-7-21-20(14-31)30-24(32)15-36-23-11-17(5-6-22(23)35-4)25(33)29-13-16-9-18(28)12-19(10-16)37-21/h5-6,9-12,20-21H,7-8,13-15H2,1-4H3,(H,29,33)(H,30,32)/t20-,21+/m1/s1. The van der Waals surface area contributed by atoms with Crippen LogP contribution in [0.15, 0.2) is 36.4 Å². The molecule has 0 saturated carbocycles. The number of amides is 3. The number of rotatable bonds is 1. The van der Waals surface area contributed by atoms with Crippen LogP contribution in [0.4, 0.5) is 4.39 Å². The monoisotopic (exact) mass is 513 g/mol. The van der Waals surface area contributed by atoms with Crippen molar-refractivity contribution in [2.24, 2.45) is 5.41 Å². The highest BCUT2D eigenvalue weighted by atomic mass is 19.1. The van der Waals surface area contributed by atoms with Crippen molar-refractivity contribution in [1.82, 2.24) is 15.5 Å². The maximum atomic E-state index is 14.4. The van der Waals surface area contributed by atoms with E-state index in [9.17, 15) is 18.8 Å². The second-order valence-corrected chi connectivity index (χ2v) is 10.3. The minimum absolute atomic E-state index is 0.0334. The number of halogens is 1. The molecular formula is C27H32FN3O6. The van der Waals surface area contributed by atoms with Gasteiger partial charge in [0.15, 0.2) is 18.1 Å². The Morgan fingerprint density at radius 2 is 1.95 bits per heavy atom. The summed E-state index contributed by atoms with van der Waals surface area (Å²) in [5.41, 5.74) is 0.226. The van der Waals surface area contributed by atoms with Gasteiger partial charge in [-0.25, -0.2) is 4.39 Å². The molecule has 4 rings (SSSR count). The second-order valence-electron chi connectivity index (χ2n) is 10.3. The number of hydrogen-bond acceptors (Lipinski definition) is 6. The number of fused-ring (bicyclic) bond motifs is 5. The largest absolute Gasteiger partial charge is 0.493 e. The van der Waals surface area contributed by atoms with Crippen molar-refractivity contribution in [3.05, 3.63) is 53.3 Å². The van der Waals surface area contributed by atoms with Crippen LogP contribution in [0.3, 0.4) is 0 Å². The van der Waals surface area contributed by atoms with Gasteiger partial charge >= 0.3 is 0 Å². The summed E-state index contributed by atoms with van der Waals surface area (Å²) in [5.74, 6) is -0.510. The Bertz CT molecular complexity index is 1200. The van der Waals surface area contributed by atoms with E-state index in [1.54, 1.807) is 23.1 Å². The minimum atomic E-state index is -0.581. The molecule has 9 nitrogen and oxygen atoms in total. The number of nitrogens with one attached hydrogen (secondary N) is 2. The van der Waals surface area contributed by atoms with E-state index in [0.29, 0.717) is 29.8 Å². The van der Waals surface area contributed by atoms with Crippen LogP contribution in [0, 0.1) is 11.2 Å². The fraction of sp³-hybridized carbons (Fsp3) is 0.444. The van der Waals surface area contributed by atoms with Gasteiger partial charge in [0, 0.05) is 43.1 Å². The van der Waals surface area contributed by atoms with Crippen molar-refractivity contribution in [2.45, 2.75) is 45.9 Å². The van der Waals surface area contributed by atoms with Gasteiger partial charge in [0.25, 0.3) is 11.8 Å². The van der Waals surface area contributed by atoms with Gasteiger partial charge in [-0.15, -0.1) is 0 Å². The molecule has 1 fully saturated rings. The smallest absolute Gasteiger partial charge is 0.258 e. The Kier molecular flexibility index (Phi) is 7.56. The zero-order valence-corrected chi connectivity index (χ0v) is 21.4. The summed E-state index contributed by atoms with van der Waals surface area (Å²) in [6.07, 6.45) is -0.0745. The van der Waals surface area contributed by atoms with Gasteiger partial charge in [-0.3, -0.25) is 14.4 Å². The van der Waals surface area contributed by atoms with E-state index in [0.717, 1.165) is 0 Å². The fourth-order valence-electron chi connectivity index (χ4n) is 4.44. The molecular weight excluding hydrogens is 481 g/mol. The molecule has 37 heavy (non-hydrogen) atoms. The predicted molar refractivity (Wildman–Crippen MR) is 133 cm³/mol. The molecule has 2 aromatic carbocycles. The molecule has 0 spiro atoms. The molecule has 1 saturated heterocycles. The lowest BCUT2D eigenvalue weighted by Gasteiger charge is -2.41. The van der Waals surface area contributed by atoms with Crippen LogP contribution >= 0.6 is 0 Å². The first kappa shape index (κ1) is 26.2. The fourth-order valence-corrected chi connectivity index (χ4v) is 4.44. The quantitative estimate of drug-likeness (QED) is 0.608. The average molecular weight is 514 g/mol. The molecule has 0 unspecified atom stereocenters. The van der Waals surface area contributed by atoms with Crippen LogP contribution in [-0.4, -0.2) is 61.6 Å². The summed E-state index contributed by atoms with van der Waals surface area (Å²) < 4.78 is 31.6. The molecule has 2 heterocycles. The van der Waals surface area contributed by atoms with Crippen LogP contribution < -0.4 is 24.8 Å². The van der Waals surface area contributed by atoms with Gasteiger partial charge in [0.2, 0.25) is 5.91 Å². The lowest BCUT2D eigenvalue weighted by molar-refractivity contribution is -0.143. The van der Waals surface area contributed by atoms with Gasteiger partial charge in [0.05, 0.1) is 13.2 Å². The number of carbonyl (C=O) groups excluding carboxylic acids is 3. The highest BCUT2D eigenvalue weighted by Gasteiger charge is 2.37. The number of carbonyl (C=O) groups is 3. The molecule has 3 amide bonds. The molecule has 4 bridgehead atoms. The topological polar surface area (TPSA) is 106 Å². The number of piperidine rings is 1. The molecule has 2 N–H and O–H groups in total. The third kappa shape index (κ3) is 6.31. The first-order valence-electron chi connectivity index (χ1n) is 12.2. The Morgan fingerprint density at radius 3 is 2.68 bits per heavy atom. The number of likely N-dealkylation sites (tertiary alicyclic amines) is 1. The Morgan fingerprint density at radius 1 is 1.16 bits per heavy atom. The van der Waals surface area contributed by atoms with E-state index in [1.807, 2.05) is 20.8 Å². The number of ether oxygens (including phenoxy) is 3. The van der Waals surface area contributed by atoms with Crippen molar-refractivity contribution < 1.29 is 33.0 Å². The summed E-state index contributed by atoms with van der Waals surface area (Å²) in [6.45, 7) is 5.94. The number of nitrogens with zero attached hydrogens (tertiary/aromatic N) is 1. The number of methoxy groups -OCH3 is 1. The van der Waals surface area contributed by atoms with Crippen LogP contribution in [-0.2, 0) is 16.1 Å². The van der Waals surface area contributed by atoms with Gasteiger partial charge < -0.3 is 29.7 Å². The van der Waals surface area contributed by atoms with Crippen LogP contribution in [0.2, 0.25) is 0 Å². The summed E-state index contributed by atoms with van der Waals surface area (Å²) in [4.78, 5) is 40.3. The summed E-state index contributed by atoms with van der Waals surface area (Å²) in [5, 5.41) is 5.68. The summed E-state index contributed by atoms with van der Waals surface area (Å²) in [6, 6.07) is 8.32. The molecule has 0 aromatic heterocycles. The van der Waals surface area contributed by atoms with Crippen molar-refractivity contribution in [1.29, 1.82) is 0 Å². The molecule has 2 aliphatic rings. The van der Waals surface area contributed by atoms with Gasteiger partial charge in [-0.2, -0.15) is 0 Å². The Hall–Kier alpha value is -3.82. The van der Waals surface area contributed by atoms with Gasteiger partial charge in [-0.05, 0) is 35.9 Å². The maximum absolute atomic E-state index is 14.4. The number of hydrogen-bond donors (Lipinski definition) is 2. The highest BCUT2D eigenvalue weighted by Crippen LogP contribution is 2.29. The first-order chi connectivity index (χ1) is 17.5. The molecule has 0 radical (unpaired) electrons. The molecule has 198 valence electrons. The molecule has 2 aromatic rings. The SMILES string of the molecule is COc1ccc2cc1OCC(=O)N[C@@H]1CN(C(=O)C(C)(C)C)CC[C@@H]1Oc1cc(F)cc(c1)CNC2=O. The predicted octanol–water partition coefficient (Wildman–Crippen LogP) is 2.67. The minimum Gasteiger partial charge on any atom is -0.493 e. The number of benzene rings is 2. The van der Waals surface area contributed by atoms with Crippen molar-refractivity contribution in [3.8, 4) is 17.2 Å². The van der Waals surface area contributed by atoms with Crippen molar-refractivity contribution >= 4 is 17.7 Å². The normalized spacial score (nSPS) is 20.5. The van der Waals surface area contributed by atoms with Crippen molar-refractivity contribution in [3.63, 3.8) is 0 Å². The molecule has 2 atom stereocenters. The summed E-state index contributed by atoms with van der Waals surface area (Å²) >= 11 is 0. The van der Waals surface area contributed by atoms with E-state index in [4.69, 9.17) is 14.2 Å². The molecule has 10 heteroatoms. The van der Waals surface area contributed by atoms with Gasteiger partial charge in [0.1, 0.15) is 17.7 Å². The van der Waals surface area contributed by atoms with E-state index < -0.39 is 35.2 Å². The lowest BCUT2D eigenvalue weighted by Crippen LogP contribution is -2.59. The second kappa shape index (κ2) is 10.7. The molecule has 2 aliphatic heterocycles. The van der Waals surface area contributed by atoms with E-state index >= 15 is 0 Å². The van der Waals surface area contributed by atoms with E-state index in [2.05, 4.69) is 10.6 Å². The zero-order chi connectivity index (χ0) is 26.7. The lowest BCUT2D eigenvalue weighted by atomic mass is 9.92. The Balaban J connectivity index is 1.66. The Labute approximate surface area is 215 Å². The van der Waals surface area contributed by atoms with E-state index in [-0.39, 0.29) is 37.1 Å². The van der Waals surface area contributed by atoms with E-state index in [1.165, 1.54) is 25.3 Å². The first-order valence-corrected chi connectivity index (χ1v) is 12.2. The van der Waals surface area contributed by atoms with Crippen molar-refractivity contribution in [2.75, 3.05) is 26.8 Å². The zero-order valence-electron chi connectivity index (χ0n) is 21.4. The average Bonchev–Trinajstić information content (AvgIpc) is 2.85.